The smallest absolute Gasteiger partial charge is 0.244 e. The Hall–Kier alpha value is -1.31. The highest BCUT2D eigenvalue weighted by Gasteiger charge is 2.19. The van der Waals surface area contributed by atoms with E-state index in [2.05, 4.69) is 4.72 Å². The monoisotopic (exact) mass is 260 g/mol. The van der Waals surface area contributed by atoms with Gasteiger partial charge in [-0.1, -0.05) is 0 Å². The average Bonchev–Trinajstić information content (AvgIpc) is 2.26. The number of methoxy groups -OCH3 is 1. The van der Waals surface area contributed by atoms with Crippen LogP contribution in [0, 0.1) is 0 Å². The molecular weight excluding hydrogens is 244 g/mol. The summed E-state index contributed by atoms with van der Waals surface area (Å²) in [5.74, 6) is 0.206. The minimum atomic E-state index is -3.74. The van der Waals surface area contributed by atoms with E-state index in [4.69, 9.17) is 15.6 Å². The maximum absolute atomic E-state index is 11.9. The summed E-state index contributed by atoms with van der Waals surface area (Å²) >= 11 is 0. The molecule has 7 heteroatoms. The van der Waals surface area contributed by atoms with Crippen molar-refractivity contribution in [3.8, 4) is 5.75 Å². The number of aliphatic hydroxyl groups is 1. The van der Waals surface area contributed by atoms with Crippen LogP contribution in [-0.4, -0.2) is 33.3 Å². The maximum Gasteiger partial charge on any atom is 0.244 e. The van der Waals surface area contributed by atoms with Crippen molar-refractivity contribution in [2.75, 3.05) is 19.4 Å². The molecule has 0 heterocycles. The number of nitrogens with one attached hydrogen (secondary N) is 1. The van der Waals surface area contributed by atoms with Crippen molar-refractivity contribution in [3.63, 3.8) is 0 Å². The van der Waals surface area contributed by atoms with Gasteiger partial charge in [-0.05, 0) is 25.1 Å². The Morgan fingerprint density at radius 2 is 2.18 bits per heavy atom. The fourth-order valence-electron chi connectivity index (χ4n) is 1.21. The molecule has 0 aliphatic heterocycles. The zero-order chi connectivity index (χ0) is 13.1. The number of sulfonamides is 1. The van der Waals surface area contributed by atoms with Crippen LogP contribution in [0.4, 0.5) is 5.69 Å². The molecule has 96 valence electrons. The number of hydrogen-bond acceptors (Lipinski definition) is 5. The summed E-state index contributed by atoms with van der Waals surface area (Å²) in [5, 5.41) is 9.06. The molecule has 0 fully saturated rings. The van der Waals surface area contributed by atoms with Gasteiger partial charge in [-0.3, -0.25) is 0 Å². The van der Waals surface area contributed by atoms with Gasteiger partial charge in [0.15, 0.2) is 0 Å². The van der Waals surface area contributed by atoms with Crippen LogP contribution in [0.2, 0.25) is 0 Å². The van der Waals surface area contributed by atoms with Gasteiger partial charge < -0.3 is 15.6 Å². The first-order chi connectivity index (χ1) is 7.86. The Balaban J connectivity index is 3.09. The SMILES string of the molecule is COc1ccc(N)cc1S(=O)(=O)NCC(C)O. The van der Waals surface area contributed by atoms with Crippen LogP contribution >= 0.6 is 0 Å². The largest absolute Gasteiger partial charge is 0.495 e. The van der Waals surface area contributed by atoms with Crippen molar-refractivity contribution >= 4 is 15.7 Å². The van der Waals surface area contributed by atoms with E-state index in [1.807, 2.05) is 0 Å². The van der Waals surface area contributed by atoms with E-state index in [0.717, 1.165) is 0 Å². The summed E-state index contributed by atoms with van der Waals surface area (Å²) < 4.78 is 31.0. The highest BCUT2D eigenvalue weighted by molar-refractivity contribution is 7.89. The highest BCUT2D eigenvalue weighted by Crippen LogP contribution is 2.25. The number of hydrogen-bond donors (Lipinski definition) is 3. The van der Waals surface area contributed by atoms with Crippen LogP contribution in [0.1, 0.15) is 6.92 Å². The van der Waals surface area contributed by atoms with Gasteiger partial charge in [0.05, 0.1) is 13.2 Å². The Morgan fingerprint density at radius 3 is 2.71 bits per heavy atom. The van der Waals surface area contributed by atoms with E-state index < -0.39 is 16.1 Å². The second-order valence-corrected chi connectivity index (χ2v) is 5.35. The van der Waals surface area contributed by atoms with Crippen molar-refractivity contribution < 1.29 is 18.3 Å². The molecule has 0 saturated carbocycles. The fraction of sp³-hybridized carbons (Fsp3) is 0.400. The molecule has 4 N–H and O–H groups in total. The van der Waals surface area contributed by atoms with Crippen LogP contribution in [0.15, 0.2) is 23.1 Å². The van der Waals surface area contributed by atoms with Gasteiger partial charge in [0, 0.05) is 12.2 Å². The summed E-state index contributed by atoms with van der Waals surface area (Å²) in [6.45, 7) is 1.42. The van der Waals surface area contributed by atoms with Gasteiger partial charge in [-0.15, -0.1) is 0 Å². The van der Waals surface area contributed by atoms with Crippen molar-refractivity contribution in [1.29, 1.82) is 0 Å². The lowest BCUT2D eigenvalue weighted by molar-refractivity contribution is 0.198. The van der Waals surface area contributed by atoms with E-state index in [1.165, 1.54) is 26.2 Å². The predicted octanol–water partition coefficient (Wildman–Crippen LogP) is -0.0635. The van der Waals surface area contributed by atoms with Gasteiger partial charge in [-0.2, -0.15) is 0 Å². The standard InChI is InChI=1S/C10H16N2O4S/c1-7(13)6-12-17(14,15)10-5-8(11)3-4-9(10)16-2/h3-5,7,12-13H,6,11H2,1-2H3. The number of benzene rings is 1. The summed E-state index contributed by atoms with van der Waals surface area (Å²) in [6.07, 6.45) is -0.767. The van der Waals surface area contributed by atoms with E-state index in [9.17, 15) is 8.42 Å². The minimum absolute atomic E-state index is 0.0411. The number of aliphatic hydroxyl groups excluding tert-OH is 1. The third-order valence-corrected chi connectivity index (χ3v) is 3.49. The number of rotatable bonds is 5. The lowest BCUT2D eigenvalue weighted by Crippen LogP contribution is -2.30. The second kappa shape index (κ2) is 5.35. The van der Waals surface area contributed by atoms with Gasteiger partial charge in [0.1, 0.15) is 10.6 Å². The minimum Gasteiger partial charge on any atom is -0.495 e. The molecule has 1 aromatic carbocycles. The second-order valence-electron chi connectivity index (χ2n) is 3.61. The first-order valence-electron chi connectivity index (χ1n) is 4.98. The quantitative estimate of drug-likeness (QED) is 0.644. The zero-order valence-corrected chi connectivity index (χ0v) is 10.5. The first-order valence-corrected chi connectivity index (χ1v) is 6.46. The zero-order valence-electron chi connectivity index (χ0n) is 9.67. The van der Waals surface area contributed by atoms with Crippen molar-refractivity contribution in [2.24, 2.45) is 0 Å². The lowest BCUT2D eigenvalue weighted by atomic mass is 10.3. The number of nitrogens with two attached hydrogens (primary N) is 1. The molecule has 0 aromatic heterocycles. The molecule has 1 rings (SSSR count). The van der Waals surface area contributed by atoms with E-state index in [0.29, 0.717) is 5.69 Å². The van der Waals surface area contributed by atoms with Crippen LogP contribution in [-0.2, 0) is 10.0 Å². The molecule has 0 spiro atoms. The number of anilines is 1. The third-order valence-electron chi connectivity index (χ3n) is 2.05. The fourth-order valence-corrected chi connectivity index (χ4v) is 2.53. The summed E-state index contributed by atoms with van der Waals surface area (Å²) in [4.78, 5) is -0.0411. The lowest BCUT2D eigenvalue weighted by Gasteiger charge is -2.12. The molecule has 6 nitrogen and oxygen atoms in total. The molecule has 1 unspecified atom stereocenters. The molecule has 17 heavy (non-hydrogen) atoms. The van der Waals surface area contributed by atoms with E-state index in [-0.39, 0.29) is 17.2 Å². The van der Waals surface area contributed by atoms with E-state index >= 15 is 0 Å². The molecule has 0 aliphatic rings. The number of nitrogen functional groups attached to an aromatic ring is 1. The van der Waals surface area contributed by atoms with Crippen LogP contribution < -0.4 is 15.2 Å². The molecule has 0 amide bonds. The molecule has 0 radical (unpaired) electrons. The first kappa shape index (κ1) is 13.8. The molecule has 0 aliphatic carbocycles. The highest BCUT2D eigenvalue weighted by atomic mass is 32.2. The topological polar surface area (TPSA) is 102 Å². The third kappa shape index (κ3) is 3.58. The summed E-state index contributed by atoms with van der Waals surface area (Å²) in [7, 11) is -2.36. The molecular formula is C10H16N2O4S. The van der Waals surface area contributed by atoms with Gasteiger partial charge in [0.2, 0.25) is 10.0 Å². The molecule has 1 aromatic rings. The van der Waals surface area contributed by atoms with Gasteiger partial charge in [-0.25, -0.2) is 13.1 Å². The number of ether oxygens (including phenoxy) is 1. The molecule has 0 bridgehead atoms. The van der Waals surface area contributed by atoms with E-state index in [1.54, 1.807) is 6.07 Å². The maximum atomic E-state index is 11.9. The Morgan fingerprint density at radius 1 is 1.53 bits per heavy atom. The summed E-state index contributed by atoms with van der Waals surface area (Å²) in [5.41, 5.74) is 5.86. The van der Waals surface area contributed by atoms with Crippen molar-refractivity contribution in [3.05, 3.63) is 18.2 Å². The molecule has 1 atom stereocenters. The van der Waals surface area contributed by atoms with Crippen molar-refractivity contribution in [2.45, 2.75) is 17.9 Å². The average molecular weight is 260 g/mol. The predicted molar refractivity (Wildman–Crippen MR) is 64.3 cm³/mol. The van der Waals surface area contributed by atoms with Gasteiger partial charge >= 0.3 is 0 Å². The van der Waals surface area contributed by atoms with Crippen LogP contribution in [0.25, 0.3) is 0 Å². The Kier molecular flexibility index (Phi) is 4.33. The normalized spacial score (nSPS) is 13.4. The van der Waals surface area contributed by atoms with Crippen molar-refractivity contribution in [1.82, 2.24) is 4.72 Å². The molecule has 0 saturated heterocycles. The van der Waals surface area contributed by atoms with Crippen LogP contribution in [0.3, 0.4) is 0 Å². The van der Waals surface area contributed by atoms with Crippen LogP contribution in [0.5, 0.6) is 5.75 Å². The van der Waals surface area contributed by atoms with Gasteiger partial charge in [0.25, 0.3) is 0 Å². The Bertz CT molecular complexity index is 485. The summed E-state index contributed by atoms with van der Waals surface area (Å²) in [6, 6.07) is 4.34. The Labute approximate surface area is 100 Å².